The van der Waals surface area contributed by atoms with E-state index in [-0.39, 0.29) is 11.9 Å². The highest BCUT2D eigenvalue weighted by Crippen LogP contribution is 2.22. The van der Waals surface area contributed by atoms with Gasteiger partial charge in [-0.2, -0.15) is 5.10 Å². The zero-order valence-electron chi connectivity index (χ0n) is 12.0. The van der Waals surface area contributed by atoms with Gasteiger partial charge in [0.05, 0.1) is 21.9 Å². The minimum atomic E-state index is -0.231. The van der Waals surface area contributed by atoms with Crippen LogP contribution in [0.15, 0.2) is 28.7 Å². The van der Waals surface area contributed by atoms with Gasteiger partial charge in [-0.1, -0.05) is 13.0 Å². The third-order valence-corrected chi connectivity index (χ3v) is 3.88. The van der Waals surface area contributed by atoms with E-state index in [1.165, 1.54) is 6.07 Å². The van der Waals surface area contributed by atoms with Crippen LogP contribution in [0.1, 0.15) is 29.9 Å². The van der Waals surface area contributed by atoms with Gasteiger partial charge >= 0.3 is 0 Å². The highest BCUT2D eigenvalue weighted by molar-refractivity contribution is 9.10. The molecule has 0 saturated carbocycles. The third kappa shape index (κ3) is 3.46. The number of benzene rings is 1. The Bertz CT molecular complexity index is 595. The van der Waals surface area contributed by atoms with Crippen LogP contribution in [0.2, 0.25) is 0 Å². The lowest BCUT2D eigenvalue weighted by molar-refractivity contribution is 0.507. The van der Waals surface area contributed by atoms with Gasteiger partial charge in [0, 0.05) is 7.05 Å². The van der Waals surface area contributed by atoms with Gasteiger partial charge in [-0.3, -0.25) is 4.68 Å². The highest BCUT2D eigenvalue weighted by atomic mass is 79.9. The van der Waals surface area contributed by atoms with Crippen LogP contribution < -0.4 is 5.32 Å². The first-order valence-corrected chi connectivity index (χ1v) is 7.48. The number of halogens is 2. The standard InChI is InChI=1S/C15H19BrFN3/c1-4-18-14(15-7-10(2)19-20(15)3)9-11-5-6-13(17)12(16)8-11/h5-8,14,18H,4,9H2,1-3H3. The summed E-state index contributed by atoms with van der Waals surface area (Å²) in [4.78, 5) is 0. The molecule has 0 aliphatic rings. The number of nitrogens with one attached hydrogen (secondary N) is 1. The van der Waals surface area contributed by atoms with Crippen molar-refractivity contribution >= 4 is 15.9 Å². The summed E-state index contributed by atoms with van der Waals surface area (Å²) in [5.74, 6) is -0.231. The molecular weight excluding hydrogens is 321 g/mol. The molecule has 0 bridgehead atoms. The first kappa shape index (κ1) is 15.2. The minimum Gasteiger partial charge on any atom is -0.309 e. The van der Waals surface area contributed by atoms with Crippen molar-refractivity contribution in [3.63, 3.8) is 0 Å². The predicted molar refractivity (Wildman–Crippen MR) is 82.2 cm³/mol. The predicted octanol–water partition coefficient (Wildman–Crippen LogP) is 3.52. The number of aromatic nitrogens is 2. The van der Waals surface area contributed by atoms with E-state index in [0.717, 1.165) is 29.9 Å². The van der Waals surface area contributed by atoms with Crippen molar-refractivity contribution in [3.8, 4) is 0 Å². The summed E-state index contributed by atoms with van der Waals surface area (Å²) >= 11 is 3.24. The molecule has 1 atom stereocenters. The third-order valence-electron chi connectivity index (χ3n) is 3.27. The summed E-state index contributed by atoms with van der Waals surface area (Å²) in [6.45, 7) is 4.94. The van der Waals surface area contributed by atoms with Crippen LogP contribution in [0.5, 0.6) is 0 Å². The molecule has 0 fully saturated rings. The van der Waals surface area contributed by atoms with Crippen molar-refractivity contribution in [3.05, 3.63) is 51.5 Å². The Morgan fingerprint density at radius 1 is 1.40 bits per heavy atom. The lowest BCUT2D eigenvalue weighted by Crippen LogP contribution is -2.25. The van der Waals surface area contributed by atoms with Crippen molar-refractivity contribution < 1.29 is 4.39 Å². The Balaban J connectivity index is 2.25. The monoisotopic (exact) mass is 339 g/mol. The summed E-state index contributed by atoms with van der Waals surface area (Å²) in [6.07, 6.45) is 0.797. The average Bonchev–Trinajstić information content (AvgIpc) is 2.72. The number of hydrogen-bond donors (Lipinski definition) is 1. The van der Waals surface area contributed by atoms with Crippen LogP contribution in [0.25, 0.3) is 0 Å². The minimum absolute atomic E-state index is 0.170. The maximum absolute atomic E-state index is 13.3. The largest absolute Gasteiger partial charge is 0.309 e. The SMILES string of the molecule is CCNC(Cc1ccc(F)c(Br)c1)c1cc(C)nn1C. The molecule has 20 heavy (non-hydrogen) atoms. The molecule has 0 spiro atoms. The van der Waals surface area contributed by atoms with Crippen molar-refractivity contribution in [1.82, 2.24) is 15.1 Å². The van der Waals surface area contributed by atoms with E-state index in [9.17, 15) is 4.39 Å². The Hall–Kier alpha value is -1.20. The number of rotatable bonds is 5. The Morgan fingerprint density at radius 2 is 2.15 bits per heavy atom. The second-order valence-corrected chi connectivity index (χ2v) is 5.75. The van der Waals surface area contributed by atoms with E-state index in [2.05, 4.69) is 39.3 Å². The van der Waals surface area contributed by atoms with E-state index >= 15 is 0 Å². The van der Waals surface area contributed by atoms with Gasteiger partial charge in [0.1, 0.15) is 5.82 Å². The Labute approximate surface area is 127 Å². The van der Waals surface area contributed by atoms with Gasteiger partial charge in [0.25, 0.3) is 0 Å². The molecule has 1 unspecified atom stereocenters. The van der Waals surface area contributed by atoms with Gasteiger partial charge in [-0.15, -0.1) is 0 Å². The van der Waals surface area contributed by atoms with E-state index in [1.807, 2.05) is 30.8 Å². The molecule has 0 amide bonds. The highest BCUT2D eigenvalue weighted by Gasteiger charge is 2.16. The van der Waals surface area contributed by atoms with Crippen molar-refractivity contribution in [1.29, 1.82) is 0 Å². The molecule has 2 aromatic rings. The van der Waals surface area contributed by atoms with Gasteiger partial charge in [0.2, 0.25) is 0 Å². The van der Waals surface area contributed by atoms with Crippen LogP contribution >= 0.6 is 15.9 Å². The maximum Gasteiger partial charge on any atom is 0.137 e. The molecule has 1 aromatic heterocycles. The topological polar surface area (TPSA) is 29.9 Å². The summed E-state index contributed by atoms with van der Waals surface area (Å²) in [6, 6.07) is 7.42. The number of nitrogens with zero attached hydrogens (tertiary/aromatic N) is 2. The summed E-state index contributed by atoms with van der Waals surface area (Å²) in [5, 5.41) is 7.86. The van der Waals surface area contributed by atoms with Crippen LogP contribution in [-0.4, -0.2) is 16.3 Å². The maximum atomic E-state index is 13.3. The van der Waals surface area contributed by atoms with E-state index in [4.69, 9.17) is 0 Å². The fraction of sp³-hybridized carbons (Fsp3) is 0.400. The molecule has 5 heteroatoms. The van der Waals surface area contributed by atoms with Crippen LogP contribution in [0, 0.1) is 12.7 Å². The molecule has 1 heterocycles. The lowest BCUT2D eigenvalue weighted by atomic mass is 10.0. The summed E-state index contributed by atoms with van der Waals surface area (Å²) in [5.41, 5.74) is 3.23. The van der Waals surface area contributed by atoms with Crippen molar-refractivity contribution in [2.45, 2.75) is 26.3 Å². The first-order chi connectivity index (χ1) is 9.51. The number of aryl methyl sites for hydroxylation is 2. The van der Waals surface area contributed by atoms with E-state index < -0.39 is 0 Å². The fourth-order valence-electron chi connectivity index (χ4n) is 2.39. The second-order valence-electron chi connectivity index (χ2n) is 4.90. The van der Waals surface area contributed by atoms with Crippen molar-refractivity contribution in [2.24, 2.45) is 7.05 Å². The smallest absolute Gasteiger partial charge is 0.137 e. The molecule has 0 aliphatic heterocycles. The molecule has 0 aliphatic carbocycles. The molecule has 1 N–H and O–H groups in total. The van der Waals surface area contributed by atoms with Crippen LogP contribution in [-0.2, 0) is 13.5 Å². The lowest BCUT2D eigenvalue weighted by Gasteiger charge is -2.18. The van der Waals surface area contributed by atoms with Gasteiger partial charge in [0.15, 0.2) is 0 Å². The quantitative estimate of drug-likeness (QED) is 0.903. The molecule has 0 saturated heterocycles. The first-order valence-electron chi connectivity index (χ1n) is 6.69. The van der Waals surface area contributed by atoms with Gasteiger partial charge < -0.3 is 5.32 Å². The second kappa shape index (κ2) is 6.50. The van der Waals surface area contributed by atoms with Crippen LogP contribution in [0.3, 0.4) is 0 Å². The Kier molecular flexibility index (Phi) is 4.94. The van der Waals surface area contributed by atoms with E-state index in [1.54, 1.807) is 0 Å². The van der Waals surface area contributed by atoms with Crippen molar-refractivity contribution in [2.75, 3.05) is 6.54 Å². The number of hydrogen-bond acceptors (Lipinski definition) is 2. The number of likely N-dealkylation sites (N-methyl/N-ethyl adjacent to an activating group) is 1. The zero-order chi connectivity index (χ0) is 14.7. The van der Waals surface area contributed by atoms with Gasteiger partial charge in [-0.25, -0.2) is 4.39 Å². The molecule has 0 radical (unpaired) electrons. The van der Waals surface area contributed by atoms with E-state index in [0.29, 0.717) is 4.47 Å². The summed E-state index contributed by atoms with van der Waals surface area (Å²) < 4.78 is 15.7. The molecular formula is C15H19BrFN3. The van der Waals surface area contributed by atoms with Gasteiger partial charge in [-0.05, 0) is 59.6 Å². The molecule has 3 nitrogen and oxygen atoms in total. The van der Waals surface area contributed by atoms with Crippen LogP contribution in [0.4, 0.5) is 4.39 Å². The Morgan fingerprint density at radius 3 is 2.70 bits per heavy atom. The normalized spacial score (nSPS) is 12.7. The molecule has 2 rings (SSSR count). The zero-order valence-corrected chi connectivity index (χ0v) is 13.5. The molecule has 1 aromatic carbocycles. The summed E-state index contributed by atoms with van der Waals surface area (Å²) in [7, 11) is 1.95. The fourth-order valence-corrected chi connectivity index (χ4v) is 2.81. The molecule has 108 valence electrons. The average molecular weight is 340 g/mol.